The van der Waals surface area contributed by atoms with E-state index in [2.05, 4.69) is 15.3 Å². The first kappa shape index (κ1) is 11.9. The lowest BCUT2D eigenvalue weighted by atomic mass is 10.2. The van der Waals surface area contributed by atoms with Gasteiger partial charge in [0.1, 0.15) is 17.6 Å². The van der Waals surface area contributed by atoms with Gasteiger partial charge in [0.05, 0.1) is 19.5 Å². The third-order valence-corrected chi connectivity index (χ3v) is 2.37. The molecule has 0 aliphatic heterocycles. The fourth-order valence-electron chi connectivity index (χ4n) is 1.45. The van der Waals surface area contributed by atoms with Gasteiger partial charge in [-0.1, -0.05) is 12.1 Å². The van der Waals surface area contributed by atoms with Gasteiger partial charge in [0.2, 0.25) is 0 Å². The van der Waals surface area contributed by atoms with Crippen LogP contribution in [0.1, 0.15) is 11.3 Å². The van der Waals surface area contributed by atoms with Crippen molar-refractivity contribution in [1.29, 1.82) is 5.26 Å². The third-order valence-electron chi connectivity index (χ3n) is 2.37. The molecule has 0 radical (unpaired) electrons. The van der Waals surface area contributed by atoms with Gasteiger partial charge in [-0.3, -0.25) is 0 Å². The quantitative estimate of drug-likeness (QED) is 0.884. The molecule has 0 atom stereocenters. The summed E-state index contributed by atoms with van der Waals surface area (Å²) in [5, 5.41) is 11.7. The van der Waals surface area contributed by atoms with Crippen molar-refractivity contribution in [1.82, 2.24) is 9.97 Å². The van der Waals surface area contributed by atoms with Crippen molar-refractivity contribution in [2.45, 2.75) is 6.54 Å². The van der Waals surface area contributed by atoms with E-state index in [1.54, 1.807) is 13.3 Å². The number of anilines is 1. The van der Waals surface area contributed by atoms with E-state index in [-0.39, 0.29) is 0 Å². The minimum absolute atomic E-state index is 0.307. The van der Waals surface area contributed by atoms with Gasteiger partial charge >= 0.3 is 0 Å². The first-order valence-corrected chi connectivity index (χ1v) is 5.41. The van der Waals surface area contributed by atoms with E-state index in [0.29, 0.717) is 18.1 Å². The Hall–Kier alpha value is -2.61. The monoisotopic (exact) mass is 240 g/mol. The van der Waals surface area contributed by atoms with E-state index in [1.807, 2.05) is 30.3 Å². The van der Waals surface area contributed by atoms with Crippen molar-refractivity contribution in [2.24, 2.45) is 0 Å². The molecule has 2 rings (SSSR count). The summed E-state index contributed by atoms with van der Waals surface area (Å²) in [4.78, 5) is 8.01. The topological polar surface area (TPSA) is 70.8 Å². The highest BCUT2D eigenvalue weighted by molar-refractivity contribution is 5.36. The SMILES string of the molecule is COc1cccc(CNc2cnc(C#N)cn2)c1. The zero-order valence-corrected chi connectivity index (χ0v) is 9.92. The van der Waals surface area contributed by atoms with Gasteiger partial charge in [-0.15, -0.1) is 0 Å². The number of aromatic nitrogens is 2. The van der Waals surface area contributed by atoms with Gasteiger partial charge in [-0.2, -0.15) is 5.26 Å². The Kier molecular flexibility index (Phi) is 3.72. The molecular weight excluding hydrogens is 228 g/mol. The molecule has 0 amide bonds. The number of nitriles is 1. The van der Waals surface area contributed by atoms with Crippen LogP contribution in [0.3, 0.4) is 0 Å². The van der Waals surface area contributed by atoms with Crippen LogP contribution in [-0.4, -0.2) is 17.1 Å². The lowest BCUT2D eigenvalue weighted by molar-refractivity contribution is 0.414. The molecule has 0 aliphatic carbocycles. The van der Waals surface area contributed by atoms with Gasteiger partial charge in [0, 0.05) is 6.54 Å². The molecule has 1 aromatic carbocycles. The summed E-state index contributed by atoms with van der Waals surface area (Å²) < 4.78 is 5.15. The summed E-state index contributed by atoms with van der Waals surface area (Å²) in [6.45, 7) is 0.623. The molecule has 90 valence electrons. The number of nitrogens with one attached hydrogen (secondary N) is 1. The second kappa shape index (κ2) is 5.64. The molecule has 1 heterocycles. The number of hydrogen-bond donors (Lipinski definition) is 1. The maximum atomic E-state index is 8.61. The predicted octanol–water partition coefficient (Wildman–Crippen LogP) is 1.97. The van der Waals surface area contributed by atoms with Crippen LogP contribution in [0.15, 0.2) is 36.7 Å². The predicted molar refractivity (Wildman–Crippen MR) is 67.1 cm³/mol. The van der Waals surface area contributed by atoms with Crippen molar-refractivity contribution in [3.8, 4) is 11.8 Å². The van der Waals surface area contributed by atoms with Crippen molar-refractivity contribution in [3.05, 3.63) is 47.9 Å². The minimum atomic E-state index is 0.307. The maximum Gasteiger partial charge on any atom is 0.158 e. The second-order valence-corrected chi connectivity index (χ2v) is 3.60. The Morgan fingerprint density at radius 3 is 2.89 bits per heavy atom. The number of ether oxygens (including phenoxy) is 1. The molecule has 0 fully saturated rings. The average Bonchev–Trinajstić information content (AvgIpc) is 2.46. The minimum Gasteiger partial charge on any atom is -0.497 e. The van der Waals surface area contributed by atoms with Crippen LogP contribution < -0.4 is 10.1 Å². The molecule has 1 aromatic heterocycles. The molecule has 5 heteroatoms. The maximum absolute atomic E-state index is 8.61. The third kappa shape index (κ3) is 2.95. The molecule has 5 nitrogen and oxygen atoms in total. The number of methoxy groups -OCH3 is 1. The van der Waals surface area contributed by atoms with Crippen LogP contribution in [-0.2, 0) is 6.54 Å². The average molecular weight is 240 g/mol. The van der Waals surface area contributed by atoms with Crippen molar-refractivity contribution in [2.75, 3.05) is 12.4 Å². The standard InChI is InChI=1S/C13H12N4O/c1-18-12-4-2-3-10(5-12)7-16-13-9-15-11(6-14)8-17-13/h2-5,8-9H,7H2,1H3,(H,16,17). The summed E-state index contributed by atoms with van der Waals surface area (Å²) in [5.41, 5.74) is 1.39. The smallest absolute Gasteiger partial charge is 0.158 e. The van der Waals surface area contributed by atoms with E-state index < -0.39 is 0 Å². The molecule has 0 aliphatic rings. The van der Waals surface area contributed by atoms with Gasteiger partial charge < -0.3 is 10.1 Å². The zero-order valence-electron chi connectivity index (χ0n) is 9.92. The molecule has 0 spiro atoms. The Morgan fingerprint density at radius 2 is 2.22 bits per heavy atom. The van der Waals surface area contributed by atoms with Crippen LogP contribution in [0.2, 0.25) is 0 Å². The zero-order chi connectivity index (χ0) is 12.8. The number of hydrogen-bond acceptors (Lipinski definition) is 5. The fourth-order valence-corrected chi connectivity index (χ4v) is 1.45. The van der Waals surface area contributed by atoms with E-state index in [1.165, 1.54) is 6.20 Å². The molecule has 0 bridgehead atoms. The van der Waals surface area contributed by atoms with Gasteiger partial charge in [0.25, 0.3) is 0 Å². The van der Waals surface area contributed by atoms with Gasteiger partial charge in [0.15, 0.2) is 5.69 Å². The molecule has 1 N–H and O–H groups in total. The summed E-state index contributed by atoms with van der Waals surface area (Å²) in [6.07, 6.45) is 2.98. The first-order chi connectivity index (χ1) is 8.81. The molecule has 2 aromatic rings. The van der Waals surface area contributed by atoms with Crippen molar-refractivity contribution >= 4 is 5.82 Å². The Labute approximate surface area is 105 Å². The lowest BCUT2D eigenvalue weighted by Crippen LogP contribution is -2.02. The van der Waals surface area contributed by atoms with E-state index in [9.17, 15) is 0 Å². The highest BCUT2D eigenvalue weighted by Crippen LogP contribution is 2.13. The summed E-state index contributed by atoms with van der Waals surface area (Å²) in [5.74, 6) is 1.46. The second-order valence-electron chi connectivity index (χ2n) is 3.60. The number of nitrogens with zero attached hydrogens (tertiary/aromatic N) is 3. The van der Waals surface area contributed by atoms with Crippen molar-refractivity contribution in [3.63, 3.8) is 0 Å². The first-order valence-electron chi connectivity index (χ1n) is 5.41. The van der Waals surface area contributed by atoms with Gasteiger partial charge in [-0.05, 0) is 17.7 Å². The van der Waals surface area contributed by atoms with Crippen molar-refractivity contribution < 1.29 is 4.74 Å². The normalized spacial score (nSPS) is 9.56. The summed E-state index contributed by atoms with van der Waals surface area (Å²) in [6, 6.07) is 9.69. The Balaban J connectivity index is 2.00. The van der Waals surface area contributed by atoms with Crippen LogP contribution in [0.25, 0.3) is 0 Å². The number of rotatable bonds is 4. The summed E-state index contributed by atoms with van der Waals surface area (Å²) >= 11 is 0. The number of benzene rings is 1. The van der Waals surface area contributed by atoms with Crippen LogP contribution in [0, 0.1) is 11.3 Å². The van der Waals surface area contributed by atoms with Crippen LogP contribution in [0.4, 0.5) is 5.82 Å². The molecule has 0 saturated carbocycles. The molecule has 18 heavy (non-hydrogen) atoms. The molecule has 0 unspecified atom stereocenters. The Bertz CT molecular complexity index is 560. The molecular formula is C13H12N4O. The highest BCUT2D eigenvalue weighted by atomic mass is 16.5. The molecule has 0 saturated heterocycles. The largest absolute Gasteiger partial charge is 0.497 e. The summed E-state index contributed by atoms with van der Waals surface area (Å²) in [7, 11) is 1.64. The lowest BCUT2D eigenvalue weighted by Gasteiger charge is -2.06. The van der Waals surface area contributed by atoms with Crippen LogP contribution >= 0.6 is 0 Å². The highest BCUT2D eigenvalue weighted by Gasteiger charge is 1.98. The Morgan fingerprint density at radius 1 is 1.33 bits per heavy atom. The fraction of sp³-hybridized carbons (Fsp3) is 0.154. The van der Waals surface area contributed by atoms with E-state index in [0.717, 1.165) is 11.3 Å². The van der Waals surface area contributed by atoms with Crippen LogP contribution in [0.5, 0.6) is 5.75 Å². The van der Waals surface area contributed by atoms with Gasteiger partial charge in [-0.25, -0.2) is 9.97 Å². The van der Waals surface area contributed by atoms with E-state index in [4.69, 9.17) is 10.00 Å². The van der Waals surface area contributed by atoms with E-state index >= 15 is 0 Å².